The van der Waals surface area contributed by atoms with Gasteiger partial charge in [-0.15, -0.1) is 6.42 Å². The third kappa shape index (κ3) is 7.24. The summed E-state index contributed by atoms with van der Waals surface area (Å²) in [4.78, 5) is 40.5. The van der Waals surface area contributed by atoms with E-state index in [9.17, 15) is 14.4 Å². The maximum Gasteiger partial charge on any atom is 0.408 e. The predicted molar refractivity (Wildman–Crippen MR) is 133 cm³/mol. The molecule has 35 heavy (non-hydrogen) atoms. The topological polar surface area (TPSA) is 97.0 Å². The number of carbonyl (C=O) groups excluding carboxylic acids is 3. The van der Waals surface area contributed by atoms with Gasteiger partial charge < -0.3 is 25.0 Å². The second-order valence-corrected chi connectivity index (χ2v) is 9.27. The first-order valence-electron chi connectivity index (χ1n) is 11.4. The van der Waals surface area contributed by atoms with Crippen LogP contribution in [0.4, 0.5) is 10.5 Å². The van der Waals surface area contributed by atoms with E-state index in [1.54, 1.807) is 81.3 Å². The molecule has 0 aliphatic heterocycles. The molecule has 8 nitrogen and oxygen atoms in total. The number of rotatable bonds is 8. The smallest absolute Gasteiger partial charge is 0.408 e. The van der Waals surface area contributed by atoms with Gasteiger partial charge in [0, 0.05) is 17.3 Å². The Morgan fingerprint density at radius 1 is 1.09 bits per heavy atom. The molecular formula is C27H31N3O5. The molecular weight excluding hydrogens is 446 g/mol. The normalized spacial score (nSPS) is 13.7. The highest BCUT2D eigenvalue weighted by Gasteiger charge is 2.41. The molecule has 2 aromatic rings. The zero-order chi connectivity index (χ0) is 25.6. The molecule has 1 fully saturated rings. The van der Waals surface area contributed by atoms with Crippen molar-refractivity contribution in [3.63, 3.8) is 0 Å². The molecule has 1 saturated carbocycles. The summed E-state index contributed by atoms with van der Waals surface area (Å²) in [6.45, 7) is 4.93. The maximum absolute atomic E-state index is 13.5. The molecule has 0 heterocycles. The molecule has 0 spiro atoms. The number of hydrogen-bond acceptors (Lipinski definition) is 5. The van der Waals surface area contributed by atoms with Crippen LogP contribution in [-0.4, -0.2) is 48.1 Å². The van der Waals surface area contributed by atoms with E-state index in [1.807, 2.05) is 0 Å². The van der Waals surface area contributed by atoms with Crippen LogP contribution in [0.15, 0.2) is 48.5 Å². The van der Waals surface area contributed by atoms with Gasteiger partial charge in [0.05, 0.1) is 7.11 Å². The number of benzene rings is 2. The molecule has 0 radical (unpaired) electrons. The third-order valence-corrected chi connectivity index (χ3v) is 5.29. The van der Waals surface area contributed by atoms with Crippen molar-refractivity contribution in [3.8, 4) is 18.1 Å². The maximum atomic E-state index is 13.5. The first-order valence-corrected chi connectivity index (χ1v) is 11.4. The highest BCUT2D eigenvalue weighted by atomic mass is 16.6. The molecule has 0 bridgehead atoms. The van der Waals surface area contributed by atoms with Gasteiger partial charge in [0.1, 0.15) is 23.9 Å². The van der Waals surface area contributed by atoms with Crippen molar-refractivity contribution in [2.45, 2.75) is 51.3 Å². The minimum atomic E-state index is -0.913. The molecule has 1 aliphatic rings. The Morgan fingerprint density at radius 3 is 2.23 bits per heavy atom. The number of amides is 3. The van der Waals surface area contributed by atoms with E-state index < -0.39 is 17.7 Å². The summed E-state index contributed by atoms with van der Waals surface area (Å²) in [7, 11) is 1.56. The molecule has 0 saturated heterocycles. The minimum absolute atomic E-state index is 0.109. The standard InChI is InChI=1S/C27H31N3O5/c1-6-18-7-9-19(10-8-18)24(25(32)29-20-11-15-22(34-5)16-12-20)30(21-13-14-21)23(31)17-28-26(33)35-27(2,3)4/h1,7-12,15-16,21,24H,13-14,17H2,2-5H3,(H,28,33)(H,29,32). The fourth-order valence-corrected chi connectivity index (χ4v) is 3.55. The lowest BCUT2D eigenvalue weighted by Gasteiger charge is -2.32. The van der Waals surface area contributed by atoms with Crippen molar-refractivity contribution in [3.05, 3.63) is 59.7 Å². The van der Waals surface area contributed by atoms with E-state index >= 15 is 0 Å². The van der Waals surface area contributed by atoms with E-state index in [4.69, 9.17) is 15.9 Å². The Bertz CT molecular complexity index is 1090. The Labute approximate surface area is 206 Å². The van der Waals surface area contributed by atoms with Gasteiger partial charge in [-0.3, -0.25) is 9.59 Å². The number of carbonyl (C=O) groups is 3. The van der Waals surface area contributed by atoms with Crippen LogP contribution >= 0.6 is 0 Å². The fourth-order valence-electron chi connectivity index (χ4n) is 3.55. The summed E-state index contributed by atoms with van der Waals surface area (Å²) in [5.41, 5.74) is 1.16. The molecule has 184 valence electrons. The number of terminal acetylenes is 1. The van der Waals surface area contributed by atoms with Crippen LogP contribution in [0.3, 0.4) is 0 Å². The van der Waals surface area contributed by atoms with Gasteiger partial charge in [0.25, 0.3) is 5.91 Å². The van der Waals surface area contributed by atoms with Crippen LogP contribution in [0.2, 0.25) is 0 Å². The lowest BCUT2D eigenvalue weighted by molar-refractivity contribution is -0.138. The van der Waals surface area contributed by atoms with Crippen LogP contribution in [0.1, 0.15) is 50.8 Å². The molecule has 0 aromatic heterocycles. The lowest BCUT2D eigenvalue weighted by Crippen LogP contribution is -2.47. The van der Waals surface area contributed by atoms with Gasteiger partial charge in [-0.1, -0.05) is 18.1 Å². The molecule has 1 atom stereocenters. The lowest BCUT2D eigenvalue weighted by atomic mass is 10.0. The summed E-state index contributed by atoms with van der Waals surface area (Å²) in [6.07, 6.45) is 6.33. The Kier molecular flexibility index (Phi) is 8.02. The average molecular weight is 478 g/mol. The summed E-state index contributed by atoms with van der Waals surface area (Å²) in [6, 6.07) is 12.9. The van der Waals surface area contributed by atoms with Gasteiger partial charge in [0.2, 0.25) is 5.91 Å². The number of nitrogens with zero attached hydrogens (tertiary/aromatic N) is 1. The number of hydrogen-bond donors (Lipinski definition) is 2. The zero-order valence-electron chi connectivity index (χ0n) is 20.5. The predicted octanol–water partition coefficient (Wildman–Crippen LogP) is 3.87. The number of methoxy groups -OCH3 is 1. The first kappa shape index (κ1) is 25.6. The SMILES string of the molecule is C#Cc1ccc(C(C(=O)Nc2ccc(OC)cc2)N(C(=O)CNC(=O)OC(C)(C)C)C2CC2)cc1. The monoisotopic (exact) mass is 477 g/mol. The fraction of sp³-hybridized carbons (Fsp3) is 0.370. The van der Waals surface area contributed by atoms with Crippen molar-refractivity contribution in [2.24, 2.45) is 0 Å². The van der Waals surface area contributed by atoms with Gasteiger partial charge in [0.15, 0.2) is 0 Å². The highest BCUT2D eigenvalue weighted by Crippen LogP contribution is 2.35. The van der Waals surface area contributed by atoms with Crippen LogP contribution in [0.25, 0.3) is 0 Å². The van der Waals surface area contributed by atoms with Gasteiger partial charge in [-0.2, -0.15) is 0 Å². The summed E-state index contributed by atoms with van der Waals surface area (Å²) >= 11 is 0. The van der Waals surface area contributed by atoms with Crippen molar-refractivity contribution in [1.82, 2.24) is 10.2 Å². The Balaban J connectivity index is 1.85. The van der Waals surface area contributed by atoms with Crippen LogP contribution in [-0.2, 0) is 14.3 Å². The van der Waals surface area contributed by atoms with E-state index in [-0.39, 0.29) is 24.4 Å². The Hall–Kier alpha value is -3.99. The number of ether oxygens (including phenoxy) is 2. The quantitative estimate of drug-likeness (QED) is 0.563. The number of anilines is 1. The van der Waals surface area contributed by atoms with Crippen molar-refractivity contribution >= 4 is 23.6 Å². The summed E-state index contributed by atoms with van der Waals surface area (Å²) < 4.78 is 10.4. The molecule has 2 N–H and O–H groups in total. The average Bonchev–Trinajstić information content (AvgIpc) is 3.65. The molecule has 2 aromatic carbocycles. The summed E-state index contributed by atoms with van der Waals surface area (Å²) in [5, 5.41) is 5.40. The molecule has 3 amide bonds. The second kappa shape index (κ2) is 11.0. The Morgan fingerprint density at radius 2 is 1.71 bits per heavy atom. The summed E-state index contributed by atoms with van der Waals surface area (Å²) in [5.74, 6) is 2.46. The molecule has 1 unspecified atom stereocenters. The number of nitrogens with one attached hydrogen (secondary N) is 2. The van der Waals surface area contributed by atoms with Crippen LogP contribution < -0.4 is 15.4 Å². The van der Waals surface area contributed by atoms with E-state index in [2.05, 4.69) is 16.6 Å². The highest BCUT2D eigenvalue weighted by molar-refractivity contribution is 5.98. The molecule has 3 rings (SSSR count). The van der Waals surface area contributed by atoms with Gasteiger partial charge >= 0.3 is 6.09 Å². The van der Waals surface area contributed by atoms with E-state index in [0.717, 1.165) is 12.8 Å². The van der Waals surface area contributed by atoms with Crippen LogP contribution in [0.5, 0.6) is 5.75 Å². The number of alkyl carbamates (subject to hydrolysis) is 1. The van der Waals surface area contributed by atoms with Crippen molar-refractivity contribution in [2.75, 3.05) is 19.0 Å². The zero-order valence-corrected chi connectivity index (χ0v) is 20.5. The van der Waals surface area contributed by atoms with E-state index in [0.29, 0.717) is 22.6 Å². The molecule has 8 heteroatoms. The van der Waals surface area contributed by atoms with Crippen LogP contribution in [0, 0.1) is 12.3 Å². The minimum Gasteiger partial charge on any atom is -0.497 e. The van der Waals surface area contributed by atoms with E-state index in [1.165, 1.54) is 0 Å². The second-order valence-electron chi connectivity index (χ2n) is 9.27. The van der Waals surface area contributed by atoms with Gasteiger partial charge in [-0.25, -0.2) is 4.79 Å². The van der Waals surface area contributed by atoms with Gasteiger partial charge in [-0.05, 0) is 75.6 Å². The first-order chi connectivity index (χ1) is 16.6. The largest absolute Gasteiger partial charge is 0.497 e. The third-order valence-electron chi connectivity index (χ3n) is 5.29. The van der Waals surface area contributed by atoms with Crippen molar-refractivity contribution in [1.29, 1.82) is 0 Å². The molecule has 1 aliphatic carbocycles. The van der Waals surface area contributed by atoms with Crippen molar-refractivity contribution < 1.29 is 23.9 Å².